The standard InChI is InChI=1S/C12H20FN5O/c1-8-3-2-4-12(5-8,7-19)17-10-9(13)6-15-11(16-10)18-14/h6,8,19H,2-5,7,14H2,1H3,(H2,15,16,17,18). The second-order valence-corrected chi connectivity index (χ2v) is 5.30. The molecule has 0 aromatic carbocycles. The predicted octanol–water partition coefficient (Wildman–Crippen LogP) is 1.25. The van der Waals surface area contributed by atoms with Crippen LogP contribution in [0.15, 0.2) is 6.20 Å². The summed E-state index contributed by atoms with van der Waals surface area (Å²) in [5.74, 6) is 5.37. The summed E-state index contributed by atoms with van der Waals surface area (Å²) in [6.45, 7) is 2.08. The van der Waals surface area contributed by atoms with E-state index in [0.717, 1.165) is 31.9 Å². The van der Waals surface area contributed by atoms with E-state index in [-0.39, 0.29) is 18.4 Å². The van der Waals surface area contributed by atoms with Crippen molar-refractivity contribution in [3.63, 3.8) is 0 Å². The minimum Gasteiger partial charge on any atom is -0.394 e. The van der Waals surface area contributed by atoms with Crippen molar-refractivity contribution in [3.05, 3.63) is 12.0 Å². The molecule has 2 rings (SSSR count). The molecule has 1 heterocycles. The molecule has 1 aliphatic rings. The fourth-order valence-corrected chi connectivity index (χ4v) is 2.73. The van der Waals surface area contributed by atoms with Gasteiger partial charge in [-0.05, 0) is 18.8 Å². The third kappa shape index (κ3) is 3.10. The molecule has 106 valence electrons. The first-order chi connectivity index (χ1) is 9.08. The molecule has 6 nitrogen and oxygen atoms in total. The van der Waals surface area contributed by atoms with Crippen molar-refractivity contribution in [1.82, 2.24) is 9.97 Å². The van der Waals surface area contributed by atoms with Gasteiger partial charge >= 0.3 is 0 Å². The number of hydrazine groups is 1. The minimum absolute atomic E-state index is 0.0494. The van der Waals surface area contributed by atoms with Gasteiger partial charge in [-0.3, -0.25) is 5.43 Å². The Bertz CT molecular complexity index is 444. The number of anilines is 2. The normalized spacial score (nSPS) is 27.1. The number of aliphatic hydroxyl groups is 1. The average molecular weight is 269 g/mol. The van der Waals surface area contributed by atoms with Crippen molar-refractivity contribution >= 4 is 11.8 Å². The van der Waals surface area contributed by atoms with E-state index in [2.05, 4.69) is 27.6 Å². The number of nitrogens with two attached hydrogens (primary N) is 1. The largest absolute Gasteiger partial charge is 0.394 e. The monoisotopic (exact) mass is 269 g/mol. The Hall–Kier alpha value is -1.47. The molecule has 0 bridgehead atoms. The van der Waals surface area contributed by atoms with Crippen LogP contribution < -0.4 is 16.6 Å². The van der Waals surface area contributed by atoms with E-state index in [0.29, 0.717) is 5.92 Å². The molecule has 2 unspecified atom stereocenters. The molecule has 19 heavy (non-hydrogen) atoms. The fraction of sp³-hybridized carbons (Fsp3) is 0.667. The highest BCUT2D eigenvalue weighted by Crippen LogP contribution is 2.34. The van der Waals surface area contributed by atoms with Crippen LogP contribution in [0.2, 0.25) is 0 Å². The molecule has 1 aliphatic carbocycles. The lowest BCUT2D eigenvalue weighted by molar-refractivity contribution is 0.149. The first-order valence-corrected chi connectivity index (χ1v) is 6.47. The Kier molecular flexibility index (Phi) is 4.16. The van der Waals surface area contributed by atoms with Gasteiger partial charge in [-0.1, -0.05) is 19.8 Å². The Morgan fingerprint density at radius 3 is 3.05 bits per heavy atom. The second kappa shape index (κ2) is 5.66. The Morgan fingerprint density at radius 1 is 1.63 bits per heavy atom. The summed E-state index contributed by atoms with van der Waals surface area (Å²) >= 11 is 0. The topological polar surface area (TPSA) is 96.1 Å². The minimum atomic E-state index is -0.551. The second-order valence-electron chi connectivity index (χ2n) is 5.30. The Labute approximate surface area is 111 Å². The van der Waals surface area contributed by atoms with Crippen LogP contribution in [-0.2, 0) is 0 Å². The fourth-order valence-electron chi connectivity index (χ4n) is 2.73. The molecule has 0 spiro atoms. The maximum Gasteiger partial charge on any atom is 0.239 e. The van der Waals surface area contributed by atoms with Crippen LogP contribution in [0.4, 0.5) is 16.2 Å². The van der Waals surface area contributed by atoms with Crippen LogP contribution in [0.1, 0.15) is 32.6 Å². The number of aromatic nitrogens is 2. The van der Waals surface area contributed by atoms with Gasteiger partial charge in [0, 0.05) is 0 Å². The van der Waals surface area contributed by atoms with E-state index in [1.54, 1.807) is 0 Å². The Balaban J connectivity index is 2.22. The van der Waals surface area contributed by atoms with Crippen LogP contribution in [0, 0.1) is 11.7 Å². The summed E-state index contributed by atoms with van der Waals surface area (Å²) in [7, 11) is 0. The first-order valence-electron chi connectivity index (χ1n) is 6.47. The SMILES string of the molecule is CC1CCCC(CO)(Nc2nc(NN)ncc2F)C1. The zero-order valence-corrected chi connectivity index (χ0v) is 11.0. The molecular formula is C12H20FN5O. The zero-order valence-electron chi connectivity index (χ0n) is 11.0. The summed E-state index contributed by atoms with van der Waals surface area (Å²) in [4.78, 5) is 7.65. The summed E-state index contributed by atoms with van der Waals surface area (Å²) in [5.41, 5.74) is 1.76. The van der Waals surface area contributed by atoms with E-state index in [1.165, 1.54) is 0 Å². The lowest BCUT2D eigenvalue weighted by Crippen LogP contribution is -2.46. The van der Waals surface area contributed by atoms with Crippen LogP contribution in [0.25, 0.3) is 0 Å². The number of hydrogen-bond acceptors (Lipinski definition) is 6. The highest BCUT2D eigenvalue weighted by Gasteiger charge is 2.35. The van der Waals surface area contributed by atoms with Gasteiger partial charge in [-0.2, -0.15) is 4.98 Å². The summed E-state index contributed by atoms with van der Waals surface area (Å²) in [5, 5.41) is 12.7. The summed E-state index contributed by atoms with van der Waals surface area (Å²) in [6, 6.07) is 0. The number of nitrogens with zero attached hydrogens (tertiary/aromatic N) is 2. The van der Waals surface area contributed by atoms with Crippen molar-refractivity contribution in [3.8, 4) is 0 Å². The number of rotatable bonds is 4. The third-order valence-electron chi connectivity index (χ3n) is 3.65. The molecule has 1 fully saturated rings. The number of nitrogens with one attached hydrogen (secondary N) is 2. The molecular weight excluding hydrogens is 249 g/mol. The molecule has 1 saturated carbocycles. The van der Waals surface area contributed by atoms with E-state index in [4.69, 9.17) is 5.84 Å². The molecule has 0 amide bonds. The van der Waals surface area contributed by atoms with Crippen molar-refractivity contribution in [2.75, 3.05) is 17.3 Å². The van der Waals surface area contributed by atoms with Gasteiger partial charge in [0.2, 0.25) is 5.95 Å². The molecule has 0 saturated heterocycles. The van der Waals surface area contributed by atoms with Crippen LogP contribution >= 0.6 is 0 Å². The van der Waals surface area contributed by atoms with Gasteiger partial charge in [0.1, 0.15) is 0 Å². The summed E-state index contributed by atoms with van der Waals surface area (Å²) < 4.78 is 13.7. The smallest absolute Gasteiger partial charge is 0.239 e. The van der Waals surface area contributed by atoms with Crippen LogP contribution in [0.5, 0.6) is 0 Å². The van der Waals surface area contributed by atoms with E-state index in [9.17, 15) is 9.50 Å². The van der Waals surface area contributed by atoms with Crippen LogP contribution in [-0.4, -0.2) is 27.2 Å². The Morgan fingerprint density at radius 2 is 2.42 bits per heavy atom. The quantitative estimate of drug-likeness (QED) is 0.485. The van der Waals surface area contributed by atoms with Crippen LogP contribution in [0.3, 0.4) is 0 Å². The van der Waals surface area contributed by atoms with Crippen molar-refractivity contribution in [2.45, 2.75) is 38.1 Å². The molecule has 2 atom stereocenters. The first kappa shape index (κ1) is 14.0. The van der Waals surface area contributed by atoms with Crippen molar-refractivity contribution < 1.29 is 9.50 Å². The van der Waals surface area contributed by atoms with Gasteiger partial charge in [0.25, 0.3) is 0 Å². The lowest BCUT2D eigenvalue weighted by Gasteiger charge is -2.39. The number of nitrogen functional groups attached to an aromatic ring is 1. The van der Waals surface area contributed by atoms with Gasteiger partial charge in [0.15, 0.2) is 11.6 Å². The van der Waals surface area contributed by atoms with Gasteiger partial charge < -0.3 is 10.4 Å². The third-order valence-corrected chi connectivity index (χ3v) is 3.65. The molecule has 0 aliphatic heterocycles. The molecule has 1 aromatic heterocycles. The van der Waals surface area contributed by atoms with E-state index < -0.39 is 11.4 Å². The highest BCUT2D eigenvalue weighted by atomic mass is 19.1. The molecule has 7 heteroatoms. The maximum absolute atomic E-state index is 13.7. The number of aliphatic hydroxyl groups excluding tert-OH is 1. The molecule has 5 N–H and O–H groups in total. The predicted molar refractivity (Wildman–Crippen MR) is 70.9 cm³/mol. The number of hydrogen-bond donors (Lipinski definition) is 4. The molecule has 0 radical (unpaired) electrons. The van der Waals surface area contributed by atoms with Gasteiger partial charge in [-0.15, -0.1) is 0 Å². The van der Waals surface area contributed by atoms with E-state index in [1.807, 2.05) is 0 Å². The summed E-state index contributed by atoms with van der Waals surface area (Å²) in [6.07, 6.45) is 4.78. The van der Waals surface area contributed by atoms with Gasteiger partial charge in [-0.25, -0.2) is 15.2 Å². The maximum atomic E-state index is 13.7. The van der Waals surface area contributed by atoms with Gasteiger partial charge in [0.05, 0.1) is 18.3 Å². The van der Waals surface area contributed by atoms with Crippen molar-refractivity contribution in [2.24, 2.45) is 11.8 Å². The highest BCUT2D eigenvalue weighted by molar-refractivity contribution is 5.43. The van der Waals surface area contributed by atoms with Crippen molar-refractivity contribution in [1.29, 1.82) is 0 Å². The number of halogens is 1. The van der Waals surface area contributed by atoms with E-state index >= 15 is 0 Å². The average Bonchev–Trinajstić information content (AvgIpc) is 2.41. The lowest BCUT2D eigenvalue weighted by atomic mass is 9.77. The zero-order chi connectivity index (χ0) is 13.9. The molecule has 1 aromatic rings.